The first-order valence-electron chi connectivity index (χ1n) is 27.0. The highest BCUT2D eigenvalue weighted by Crippen LogP contribution is 2.25. The highest BCUT2D eigenvalue weighted by molar-refractivity contribution is 8.76. The Morgan fingerprint density at radius 3 is 1.65 bits per heavy atom. The molecule has 4 aromatic carbocycles. The SMILES string of the molecule is C[C@@H](O)[C@@H]1NC(=O)[C@H](CCCCN)NC(=O)[C@@H](Cc2ccc(NC(N)=O)cc2)NC(=O)[C@H](Cc2ccc(O)cc2)NC(=O)[C@H](NC(=O)[C@H](Cc2ccc(Cl)cc2)NC(C)(C)C)CSSC[C@@H](C(=O)N[C@H](Cc2ccc(O)cc2)C(N)=O)NC1=O. The number of nitrogens with two attached hydrogens (primary N) is 3. The Labute approximate surface area is 499 Å². The van der Waals surface area contributed by atoms with Gasteiger partial charge < -0.3 is 80.4 Å². The standard InChI is InChI=1S/C57H75ClN12O12S2/c1-31(71)47-55(81)68-46(53(79)64-41(48(60)74)25-34-12-20-38(72)21-13-34)30-84-83-29-45(67-52(78)44(70-57(2,3)4)28-32-8-16-36(58)17-9-32)54(80)66-43(27-35-14-22-39(73)23-15-35)51(77)65-42(26-33-10-18-37(19-11-33)62-56(61)82)50(76)63-40(49(75)69-47)7-5-6-24-59/h8-23,31,40-47,70-73H,5-7,24-30,59H2,1-4H3,(H2,60,74)(H,63,76)(H,64,79)(H,65,77)(H,66,80)(H,67,78)(H,68,81)(H,69,75)(H3,61,62,82)/t31-,40+,41-,42-,43+,44+,45-,46+,47+/m1/s1. The molecule has 10 amide bonds. The molecular formula is C57H75ClN12O12S2. The Bertz CT molecular complexity index is 2900. The van der Waals surface area contributed by atoms with Crippen LogP contribution in [-0.4, -0.2) is 147 Å². The van der Waals surface area contributed by atoms with E-state index in [9.17, 15) is 58.5 Å². The molecule has 1 aliphatic heterocycles. The third-order valence-electron chi connectivity index (χ3n) is 13.1. The maximum atomic E-state index is 15.0. The number of phenols is 2. The van der Waals surface area contributed by atoms with Crippen molar-refractivity contribution in [3.8, 4) is 11.5 Å². The number of unbranched alkanes of at least 4 members (excludes halogenated alkanes) is 1. The zero-order chi connectivity index (χ0) is 61.7. The Morgan fingerprint density at radius 1 is 0.643 bits per heavy atom. The molecule has 1 saturated heterocycles. The van der Waals surface area contributed by atoms with Crippen molar-refractivity contribution in [3.05, 3.63) is 124 Å². The lowest BCUT2D eigenvalue weighted by atomic mass is 10.00. The number of halogens is 1. The van der Waals surface area contributed by atoms with Gasteiger partial charge in [0, 0.05) is 47.0 Å². The predicted octanol–water partition coefficient (Wildman–Crippen LogP) is 1.05. The fourth-order valence-electron chi connectivity index (χ4n) is 8.71. The highest BCUT2D eigenvalue weighted by Gasteiger charge is 2.37. The van der Waals surface area contributed by atoms with Crippen molar-refractivity contribution in [2.45, 2.75) is 133 Å². The topological polar surface area (TPSA) is 401 Å². The summed E-state index contributed by atoms with van der Waals surface area (Å²) in [6.45, 7) is 6.99. The molecule has 27 heteroatoms. The van der Waals surface area contributed by atoms with Crippen LogP contribution >= 0.6 is 33.2 Å². The number of hydrogen-bond donors (Lipinski definition) is 15. The molecule has 5 rings (SSSR count). The van der Waals surface area contributed by atoms with E-state index in [1.165, 1.54) is 67.6 Å². The van der Waals surface area contributed by atoms with Crippen molar-refractivity contribution < 1.29 is 58.5 Å². The van der Waals surface area contributed by atoms with Gasteiger partial charge in [-0.05, 0) is 131 Å². The lowest BCUT2D eigenvalue weighted by Crippen LogP contribution is -2.62. The van der Waals surface area contributed by atoms with Crippen molar-refractivity contribution in [2.75, 3.05) is 23.4 Å². The third kappa shape index (κ3) is 22.5. The number of aliphatic hydroxyl groups is 1. The number of rotatable bonds is 20. The Kier molecular flexibility index (Phi) is 25.9. The average Bonchev–Trinajstić information content (AvgIpc) is 3.46. The summed E-state index contributed by atoms with van der Waals surface area (Å²) in [5.41, 5.74) is 18.7. The first-order chi connectivity index (χ1) is 39.8. The lowest BCUT2D eigenvalue weighted by Gasteiger charge is -2.30. The molecule has 0 radical (unpaired) electrons. The van der Waals surface area contributed by atoms with Gasteiger partial charge in [0.15, 0.2) is 0 Å². The zero-order valence-electron chi connectivity index (χ0n) is 46.9. The van der Waals surface area contributed by atoms with Gasteiger partial charge in [-0.2, -0.15) is 0 Å². The molecule has 84 heavy (non-hydrogen) atoms. The number of urea groups is 1. The monoisotopic (exact) mass is 1220 g/mol. The van der Waals surface area contributed by atoms with Crippen LogP contribution < -0.4 is 65.1 Å². The van der Waals surface area contributed by atoms with E-state index in [-0.39, 0.29) is 68.1 Å². The number of anilines is 1. The first-order valence-corrected chi connectivity index (χ1v) is 29.9. The number of carbonyl (C=O) groups is 9. The Balaban J connectivity index is 1.62. The average molecular weight is 1220 g/mol. The van der Waals surface area contributed by atoms with Gasteiger partial charge in [-0.1, -0.05) is 81.7 Å². The van der Waals surface area contributed by atoms with E-state index in [0.29, 0.717) is 33.8 Å². The van der Waals surface area contributed by atoms with E-state index in [0.717, 1.165) is 27.2 Å². The maximum Gasteiger partial charge on any atom is 0.316 e. The lowest BCUT2D eigenvalue weighted by molar-refractivity contribution is -0.136. The van der Waals surface area contributed by atoms with Crippen LogP contribution in [0.1, 0.15) is 69.2 Å². The molecule has 0 saturated carbocycles. The highest BCUT2D eigenvalue weighted by atomic mass is 35.5. The normalized spacial score (nSPS) is 20.7. The number of nitrogens with one attached hydrogen (secondary N) is 9. The molecular weight excluding hydrogens is 1140 g/mol. The predicted molar refractivity (Wildman–Crippen MR) is 321 cm³/mol. The largest absolute Gasteiger partial charge is 0.508 e. The summed E-state index contributed by atoms with van der Waals surface area (Å²) < 4.78 is 0. The second-order valence-electron chi connectivity index (χ2n) is 21.3. The van der Waals surface area contributed by atoms with Gasteiger partial charge >= 0.3 is 6.03 Å². The van der Waals surface area contributed by atoms with Crippen LogP contribution in [0, 0.1) is 0 Å². The molecule has 0 bridgehead atoms. The third-order valence-corrected chi connectivity index (χ3v) is 15.8. The van der Waals surface area contributed by atoms with Crippen LogP contribution in [0.2, 0.25) is 5.02 Å². The van der Waals surface area contributed by atoms with Gasteiger partial charge in [-0.15, -0.1) is 0 Å². The molecule has 1 fully saturated rings. The van der Waals surface area contributed by atoms with Crippen LogP contribution in [0.15, 0.2) is 97.1 Å². The van der Waals surface area contributed by atoms with Crippen molar-refractivity contribution in [3.63, 3.8) is 0 Å². The quantitative estimate of drug-likeness (QED) is 0.0434. The summed E-state index contributed by atoms with van der Waals surface area (Å²) in [6.07, 6.45) is -1.42. The van der Waals surface area contributed by atoms with E-state index in [1.807, 2.05) is 20.8 Å². The molecule has 9 atom stereocenters. The zero-order valence-corrected chi connectivity index (χ0v) is 49.3. The Hall–Kier alpha value is -7.62. The van der Waals surface area contributed by atoms with Crippen molar-refractivity contribution in [2.24, 2.45) is 17.2 Å². The molecule has 1 aliphatic rings. The number of primary amides is 2. The van der Waals surface area contributed by atoms with Gasteiger partial charge in [0.1, 0.15) is 53.8 Å². The van der Waals surface area contributed by atoms with Crippen molar-refractivity contribution in [1.82, 2.24) is 42.5 Å². The Morgan fingerprint density at radius 2 is 1.13 bits per heavy atom. The first kappa shape index (κ1) is 67.2. The van der Waals surface area contributed by atoms with E-state index in [2.05, 4.69) is 47.9 Å². The fourth-order valence-corrected chi connectivity index (χ4v) is 11.2. The minimum atomic E-state index is -1.76. The molecule has 0 aliphatic carbocycles. The number of phenolic OH excluding ortho intramolecular Hbond substituents is 2. The van der Waals surface area contributed by atoms with E-state index >= 15 is 0 Å². The molecule has 24 nitrogen and oxygen atoms in total. The van der Waals surface area contributed by atoms with Crippen LogP contribution in [-0.2, 0) is 64.0 Å². The second kappa shape index (κ2) is 32.4. The maximum absolute atomic E-state index is 15.0. The van der Waals surface area contributed by atoms with Crippen LogP contribution in [0.4, 0.5) is 10.5 Å². The van der Waals surface area contributed by atoms with E-state index < -0.39 is 113 Å². The summed E-state index contributed by atoms with van der Waals surface area (Å²) in [7, 11) is 1.96. The van der Waals surface area contributed by atoms with E-state index in [4.69, 9.17) is 28.8 Å². The number of amides is 10. The summed E-state index contributed by atoms with van der Waals surface area (Å²) in [5.74, 6) is -7.78. The summed E-state index contributed by atoms with van der Waals surface area (Å²) in [4.78, 5) is 127. The van der Waals surface area contributed by atoms with Gasteiger partial charge in [0.25, 0.3) is 0 Å². The number of aliphatic hydroxyl groups excluding tert-OH is 1. The number of hydrogen-bond acceptors (Lipinski definition) is 16. The molecule has 0 unspecified atom stereocenters. The second-order valence-corrected chi connectivity index (χ2v) is 24.2. The van der Waals surface area contributed by atoms with Crippen molar-refractivity contribution in [1.29, 1.82) is 0 Å². The molecule has 1 heterocycles. The molecule has 454 valence electrons. The summed E-state index contributed by atoms with van der Waals surface area (Å²) >= 11 is 6.19. The van der Waals surface area contributed by atoms with Gasteiger partial charge in [0.2, 0.25) is 47.3 Å². The smallest absolute Gasteiger partial charge is 0.316 e. The molecule has 0 aromatic heterocycles. The minimum absolute atomic E-state index is 0.0508. The minimum Gasteiger partial charge on any atom is -0.508 e. The number of benzene rings is 4. The molecule has 4 aromatic rings. The number of carbonyl (C=O) groups excluding carboxylic acids is 9. The number of aromatic hydroxyl groups is 2. The van der Waals surface area contributed by atoms with Gasteiger partial charge in [0.05, 0.1) is 12.1 Å². The van der Waals surface area contributed by atoms with Crippen LogP contribution in [0.3, 0.4) is 0 Å². The summed E-state index contributed by atoms with van der Waals surface area (Å²) in [6, 6.07) is 12.3. The summed E-state index contributed by atoms with van der Waals surface area (Å²) in [5, 5.41) is 56.1. The van der Waals surface area contributed by atoms with Gasteiger partial charge in [-0.3, -0.25) is 38.4 Å². The van der Waals surface area contributed by atoms with Gasteiger partial charge in [-0.25, -0.2) is 4.79 Å². The van der Waals surface area contributed by atoms with Crippen molar-refractivity contribution >= 4 is 92.2 Å². The van der Waals surface area contributed by atoms with Crippen LogP contribution in [0.5, 0.6) is 11.5 Å². The van der Waals surface area contributed by atoms with E-state index in [1.54, 1.807) is 36.4 Å². The van der Waals surface area contributed by atoms with Crippen LogP contribution in [0.25, 0.3) is 0 Å². The molecule has 18 N–H and O–H groups in total. The molecule has 0 spiro atoms. The fraction of sp³-hybridized carbons (Fsp3) is 0.421.